The second kappa shape index (κ2) is 39.5. The molecule has 0 radical (unpaired) electrons. The van der Waals surface area contributed by atoms with Crippen LogP contribution in [0.2, 0.25) is 0 Å². The van der Waals surface area contributed by atoms with Crippen LogP contribution in [0.15, 0.2) is 35.3 Å². The van der Waals surface area contributed by atoms with Crippen molar-refractivity contribution in [1.82, 2.24) is 53.2 Å². The molecular weight excluding hydrogens is 1300 g/mol. The summed E-state index contributed by atoms with van der Waals surface area (Å²) in [6, 6.07) is -7.34. The first kappa shape index (κ1) is 83.5. The number of nitrogens with one attached hydrogen (secondary N) is 10. The monoisotopic (exact) mass is 1390 g/mol. The molecule has 97 heavy (non-hydrogen) atoms. The summed E-state index contributed by atoms with van der Waals surface area (Å²) >= 11 is 0. The molecule has 0 saturated heterocycles. The number of carbonyl (C=O) groups is 12. The highest BCUT2D eigenvalue weighted by Gasteiger charge is 2.40. The van der Waals surface area contributed by atoms with E-state index in [1.807, 2.05) is 21.3 Å². The van der Waals surface area contributed by atoms with E-state index in [2.05, 4.69) is 41.6 Å². The number of guanidine groups is 1. The molecule has 0 aromatic heterocycles. The van der Waals surface area contributed by atoms with Crippen LogP contribution in [0.4, 0.5) is 31.5 Å². The van der Waals surface area contributed by atoms with Crippen LogP contribution in [0.3, 0.4) is 0 Å². The fraction of sp³-hybridized carbons (Fsp3) is 0.576. The number of alkyl carbamates (subject to hydrolysis) is 2. The van der Waals surface area contributed by atoms with E-state index >= 15 is 0 Å². The lowest BCUT2D eigenvalue weighted by atomic mass is 9.96. The Morgan fingerprint density at radius 3 is 1.65 bits per heavy atom. The van der Waals surface area contributed by atoms with Gasteiger partial charge in [0, 0.05) is 13.1 Å². The molecular formula is C59H87F5N14O19. The van der Waals surface area contributed by atoms with Gasteiger partial charge in [-0.3, -0.25) is 48.1 Å². The van der Waals surface area contributed by atoms with Gasteiger partial charge in [0.05, 0.1) is 25.4 Å². The first-order chi connectivity index (χ1) is 45.1. The second-order valence-electron chi connectivity index (χ2n) is 23.8. The van der Waals surface area contributed by atoms with Crippen molar-refractivity contribution in [2.24, 2.45) is 39.9 Å². The van der Waals surface area contributed by atoms with Crippen LogP contribution in [0.1, 0.15) is 100 Å². The van der Waals surface area contributed by atoms with Crippen LogP contribution in [-0.2, 0) is 64.0 Å². The maximum absolute atomic E-state index is 14.5. The van der Waals surface area contributed by atoms with Crippen molar-refractivity contribution in [2.75, 3.05) is 26.2 Å². The summed E-state index contributed by atoms with van der Waals surface area (Å²) in [5.41, 5.74) is 15.6. The minimum atomic E-state index is -2.66. The lowest BCUT2D eigenvalue weighted by Gasteiger charge is -2.31. The molecule has 2 aromatic carbocycles. The lowest BCUT2D eigenvalue weighted by molar-refractivity contribution is -0.140. The zero-order chi connectivity index (χ0) is 73.9. The Bertz CT molecular complexity index is 3100. The van der Waals surface area contributed by atoms with E-state index in [9.17, 15) is 99.9 Å². The molecule has 0 fully saturated rings. The molecule has 1 unspecified atom stereocenters. The number of halogens is 5. The summed E-state index contributed by atoms with van der Waals surface area (Å²) in [5.74, 6) is -30.6. The predicted octanol–water partition coefficient (Wildman–Crippen LogP) is -3.00. The highest BCUT2D eigenvalue weighted by molar-refractivity contribution is 5.99. The first-order valence-electron chi connectivity index (χ1n) is 30.2. The van der Waals surface area contributed by atoms with Crippen molar-refractivity contribution < 1.29 is 114 Å². The van der Waals surface area contributed by atoms with Crippen LogP contribution < -0.4 is 75.1 Å². The Hall–Kier alpha value is -9.56. The van der Waals surface area contributed by atoms with Gasteiger partial charge >= 0.3 is 18.2 Å². The number of esters is 1. The molecule has 38 heteroatoms. The number of aliphatic imine (C=N–C) groups is 1. The molecule has 0 aliphatic heterocycles. The Balaban J connectivity index is 2.35. The van der Waals surface area contributed by atoms with E-state index < -0.39 is 217 Å². The molecule has 0 heterocycles. The molecule has 542 valence electrons. The Kier molecular flexibility index (Phi) is 34.0. The van der Waals surface area contributed by atoms with Crippen molar-refractivity contribution in [3.8, 4) is 5.75 Å². The van der Waals surface area contributed by atoms with E-state index in [-0.39, 0.29) is 44.1 Å². The number of nitrogens with zero attached hydrogens (tertiary/aromatic N) is 1. The molecule has 11 amide bonds. The lowest BCUT2D eigenvalue weighted by Crippen LogP contribution is -2.63. The second-order valence-corrected chi connectivity index (χ2v) is 23.8. The highest BCUT2D eigenvalue weighted by atomic mass is 19.2. The molecule has 33 nitrogen and oxygen atoms in total. The number of benzene rings is 2. The molecule has 20 N–H and O–H groups in total. The zero-order valence-corrected chi connectivity index (χ0v) is 54.8. The number of rotatable bonds is 37. The van der Waals surface area contributed by atoms with Gasteiger partial charge in [-0.2, -0.15) is 8.78 Å². The van der Waals surface area contributed by atoms with Gasteiger partial charge in [0.2, 0.25) is 88.0 Å². The van der Waals surface area contributed by atoms with Crippen LogP contribution in [0.25, 0.3) is 0 Å². The minimum Gasteiger partial charge on any atom is -0.445 e. The molecule has 0 aliphatic rings. The van der Waals surface area contributed by atoms with E-state index in [4.69, 9.17) is 26.7 Å². The molecule has 2 rings (SSSR count). The van der Waals surface area contributed by atoms with Crippen LogP contribution in [0.5, 0.6) is 5.75 Å². The summed E-state index contributed by atoms with van der Waals surface area (Å²) in [6.45, 7) is 11.2. The number of hydrogen-bond acceptors (Lipinski definition) is 20. The van der Waals surface area contributed by atoms with Gasteiger partial charge in [0.1, 0.15) is 60.5 Å². The maximum Gasteiger partial charge on any atom is 0.408 e. The van der Waals surface area contributed by atoms with Crippen molar-refractivity contribution in [2.45, 2.75) is 174 Å². The van der Waals surface area contributed by atoms with Crippen LogP contribution in [-0.4, -0.2) is 196 Å². The number of carbonyl (C=O) groups excluding carboxylic acids is 12. The molecule has 12 atom stereocenters. The fourth-order valence-electron chi connectivity index (χ4n) is 8.42. The van der Waals surface area contributed by atoms with Gasteiger partial charge in [-0.25, -0.2) is 27.6 Å². The van der Waals surface area contributed by atoms with Gasteiger partial charge in [-0.15, -0.1) is 0 Å². The van der Waals surface area contributed by atoms with Gasteiger partial charge in [-0.1, -0.05) is 78.3 Å². The molecule has 0 aliphatic carbocycles. The predicted molar refractivity (Wildman–Crippen MR) is 330 cm³/mol. The van der Waals surface area contributed by atoms with Crippen molar-refractivity contribution in [3.63, 3.8) is 0 Å². The number of aliphatic hydroxyl groups excluding tert-OH is 4. The molecule has 0 spiro atoms. The van der Waals surface area contributed by atoms with Gasteiger partial charge in [-0.05, 0) is 70.3 Å². The normalized spacial score (nSPS) is 15.0. The highest BCUT2D eigenvalue weighted by Crippen LogP contribution is 2.29. The molecule has 0 bridgehead atoms. The summed E-state index contributed by atoms with van der Waals surface area (Å²) in [5, 5.41) is 64.3. The summed E-state index contributed by atoms with van der Waals surface area (Å²) < 4.78 is 85.4. The standard InChI is InChI=1S/C59H87F5N14O19/c1-11-27(6)40(76-49(86)30(18-15-19-68-56(66)67)71-50(87)31(20-25(2)3)72-53(90)42(44(82)26(4)5)78-58(94)97-59(8,9)10)52(89)77-41(28(7)80)51(88)70-22-34(81)75-43(45(83)47(65)84)54(91)73-33(23-79)48(85)69-21-32(74-57(93)95-24-29-16-13-12-14-17-29)55(92)96-46-38(63)36(61)35(60)37(62)39(46)64/h12-14,16-17,25-28,30-33,40-45,79-80,82-83H,11,15,18-24H2,1-10H3,(H2,65,84)(H,69,85)(H,70,88)(H,71,87)(H,72,90)(H,73,91)(H,74,93)(H,75,81)(H,76,86)(H,77,89)(H,78,94)(H4,66,67,68)/t27-,28-,30+,31-,32-,33-,40-,41?,42-,43-,44+,45-/m0/s1. The van der Waals surface area contributed by atoms with Gasteiger partial charge < -0.3 is 105 Å². The smallest absolute Gasteiger partial charge is 0.408 e. The Labute approximate surface area is 553 Å². The summed E-state index contributed by atoms with van der Waals surface area (Å²) in [7, 11) is 0. The third-order valence-corrected chi connectivity index (χ3v) is 13.8. The van der Waals surface area contributed by atoms with E-state index in [1.165, 1.54) is 19.1 Å². The average molecular weight is 1390 g/mol. The Morgan fingerprint density at radius 1 is 0.588 bits per heavy atom. The third kappa shape index (κ3) is 27.6. The molecule has 2 aromatic rings. The number of ether oxygens (including phenoxy) is 3. The topological polar surface area (TPSA) is 524 Å². The zero-order valence-electron chi connectivity index (χ0n) is 54.8. The van der Waals surface area contributed by atoms with Gasteiger partial charge in [0.25, 0.3) is 0 Å². The van der Waals surface area contributed by atoms with E-state index in [1.54, 1.807) is 73.6 Å². The largest absolute Gasteiger partial charge is 0.445 e. The number of amides is 11. The number of primary amides is 1. The van der Waals surface area contributed by atoms with Gasteiger partial charge in [0.15, 0.2) is 12.1 Å². The first-order valence-corrected chi connectivity index (χ1v) is 30.2. The summed E-state index contributed by atoms with van der Waals surface area (Å²) in [4.78, 5) is 165. The molecule has 0 saturated carbocycles. The van der Waals surface area contributed by atoms with Crippen molar-refractivity contribution in [1.29, 1.82) is 0 Å². The number of nitrogens with two attached hydrogens (primary N) is 3. The third-order valence-electron chi connectivity index (χ3n) is 13.8. The van der Waals surface area contributed by atoms with E-state index in [0.717, 1.165) is 6.92 Å². The Morgan fingerprint density at radius 2 is 1.12 bits per heavy atom. The fourth-order valence-corrected chi connectivity index (χ4v) is 8.42. The summed E-state index contributed by atoms with van der Waals surface area (Å²) in [6.07, 6.45) is -8.47. The van der Waals surface area contributed by atoms with Crippen molar-refractivity contribution in [3.05, 3.63) is 65.0 Å². The van der Waals surface area contributed by atoms with E-state index in [0.29, 0.717) is 5.56 Å². The quantitative estimate of drug-likeness (QED) is 0.00468. The minimum absolute atomic E-state index is 0.0406. The number of aliphatic hydroxyl groups is 4. The SMILES string of the molecule is CC[C@H](C)[C@H](NC(=O)[C@@H](CCCN=C(N)N)NC(=O)[C@H](CC(C)C)NC(=O)[C@@H](NC(=O)OC(C)(C)C)[C@H](O)C(C)C)C(=O)NC(C(=O)NCC(=O)N[C@H](C(=O)N[C@@H](CO)C(=O)NC[C@H](NC(=O)OCc1ccccc1)C(=O)Oc1c(F)c(F)c(F)c(F)c1F)[C@H](O)C(N)=O)[C@H](C)O. The van der Waals surface area contributed by atoms with Crippen molar-refractivity contribution >= 4 is 77.3 Å². The van der Waals surface area contributed by atoms with Crippen LogP contribution in [0, 0.1) is 46.8 Å². The number of hydrogen-bond donors (Lipinski definition) is 17. The average Bonchev–Trinajstić information content (AvgIpc) is 0.800. The van der Waals surface area contributed by atoms with Crippen LogP contribution >= 0.6 is 0 Å². The maximum atomic E-state index is 14.5.